The Hall–Kier alpha value is -2.07. The molecule has 0 atom stereocenters. The summed E-state index contributed by atoms with van der Waals surface area (Å²) in [5, 5.41) is 4.40. The molecule has 0 saturated carbocycles. The molecule has 3 aromatic rings. The lowest BCUT2D eigenvalue weighted by Crippen LogP contribution is -2.11. The molecule has 5 bridgehead atoms. The minimum atomic E-state index is 0.652. The molecule has 2 aromatic carbocycles. The van der Waals surface area contributed by atoms with Gasteiger partial charge < -0.3 is 10.1 Å². The van der Waals surface area contributed by atoms with Gasteiger partial charge in [0.2, 0.25) is 0 Å². The summed E-state index contributed by atoms with van der Waals surface area (Å²) < 4.78 is 6.92. The number of thiazole rings is 1. The zero-order valence-electron chi connectivity index (χ0n) is 10.2. The van der Waals surface area contributed by atoms with Gasteiger partial charge in [0.05, 0.1) is 10.2 Å². The van der Waals surface area contributed by atoms with Crippen LogP contribution in [-0.2, 0) is 0 Å². The Morgan fingerprint density at radius 3 is 2.89 bits per heavy atom. The lowest BCUT2D eigenvalue weighted by molar-refractivity contribution is 0.333. The zero-order valence-corrected chi connectivity index (χ0v) is 11.0. The van der Waals surface area contributed by atoms with E-state index in [2.05, 4.69) is 40.6 Å². The number of nitrogens with zero attached hydrogens (tertiary/aromatic N) is 1. The van der Waals surface area contributed by atoms with E-state index >= 15 is 0 Å². The number of ether oxygens (including phenoxy) is 1. The Labute approximate surface area is 114 Å². The fraction of sp³-hybridized carbons (Fsp3) is 0.133. The summed E-state index contributed by atoms with van der Waals surface area (Å²) in [5.41, 5.74) is 3.31. The van der Waals surface area contributed by atoms with Gasteiger partial charge in [-0.2, -0.15) is 0 Å². The molecule has 2 aliphatic rings. The molecule has 0 amide bonds. The molecule has 3 nitrogen and oxygen atoms in total. The van der Waals surface area contributed by atoms with Gasteiger partial charge in [-0.3, -0.25) is 0 Å². The van der Waals surface area contributed by atoms with Gasteiger partial charge in [-0.15, -0.1) is 11.3 Å². The maximum atomic E-state index is 5.74. The zero-order chi connectivity index (χ0) is 12.7. The predicted octanol–water partition coefficient (Wildman–Crippen LogP) is 3.77. The van der Waals surface area contributed by atoms with E-state index in [1.54, 1.807) is 11.3 Å². The van der Waals surface area contributed by atoms with Gasteiger partial charge >= 0.3 is 0 Å². The molecule has 2 aliphatic heterocycles. The summed E-state index contributed by atoms with van der Waals surface area (Å²) >= 11 is 1.71. The van der Waals surface area contributed by atoms with Crippen LogP contribution in [0.2, 0.25) is 0 Å². The van der Waals surface area contributed by atoms with Crippen molar-refractivity contribution in [2.75, 3.05) is 18.5 Å². The molecule has 1 N–H and O–H groups in total. The molecule has 0 aliphatic carbocycles. The van der Waals surface area contributed by atoms with Crippen LogP contribution in [0.5, 0.6) is 5.75 Å². The first kappa shape index (κ1) is 10.8. The Morgan fingerprint density at radius 1 is 1.11 bits per heavy atom. The van der Waals surface area contributed by atoms with Crippen LogP contribution in [0.25, 0.3) is 20.8 Å². The molecule has 5 rings (SSSR count). The second kappa shape index (κ2) is 4.24. The second-order valence-corrected chi connectivity index (χ2v) is 5.53. The Kier molecular flexibility index (Phi) is 2.42. The number of hydrogen-bond acceptors (Lipinski definition) is 4. The van der Waals surface area contributed by atoms with Gasteiger partial charge in [0.25, 0.3) is 0 Å². The van der Waals surface area contributed by atoms with Crippen molar-refractivity contribution in [3.05, 3.63) is 42.5 Å². The van der Waals surface area contributed by atoms with Gasteiger partial charge in [0.1, 0.15) is 17.4 Å². The van der Waals surface area contributed by atoms with Crippen molar-refractivity contribution >= 4 is 27.2 Å². The summed E-state index contributed by atoms with van der Waals surface area (Å²) in [4.78, 5) is 4.67. The molecule has 94 valence electrons. The first-order valence-corrected chi connectivity index (χ1v) is 7.08. The van der Waals surface area contributed by atoms with E-state index < -0.39 is 0 Å². The van der Waals surface area contributed by atoms with Crippen LogP contribution in [-0.4, -0.2) is 18.1 Å². The average molecular weight is 268 g/mol. The average Bonchev–Trinajstić information content (AvgIpc) is 2.87. The second-order valence-electron chi connectivity index (χ2n) is 4.50. The standard InChI is InChI=1S/C15H12N2OS/c1-3-11-4-2-10(1)15-17-13-6-5-12(9-14(13)19-15)18-8-7-16-11/h1-6,9,16H,7-8H2. The summed E-state index contributed by atoms with van der Waals surface area (Å²) in [5.74, 6) is 0.909. The van der Waals surface area contributed by atoms with Gasteiger partial charge in [-0.25, -0.2) is 4.98 Å². The first-order valence-electron chi connectivity index (χ1n) is 6.26. The van der Waals surface area contributed by atoms with Gasteiger partial charge in [0, 0.05) is 17.8 Å². The minimum Gasteiger partial charge on any atom is -0.492 e. The number of nitrogens with one attached hydrogen (secondary N) is 1. The molecule has 0 spiro atoms. The topological polar surface area (TPSA) is 34.1 Å². The summed E-state index contributed by atoms with van der Waals surface area (Å²) in [7, 11) is 0. The van der Waals surface area contributed by atoms with Crippen molar-refractivity contribution < 1.29 is 4.74 Å². The predicted molar refractivity (Wildman–Crippen MR) is 79.0 cm³/mol. The molecule has 3 heterocycles. The molecule has 0 fully saturated rings. The third-order valence-corrected chi connectivity index (χ3v) is 4.26. The highest BCUT2D eigenvalue weighted by Gasteiger charge is 2.08. The summed E-state index contributed by atoms with van der Waals surface area (Å²) in [6.45, 7) is 1.45. The lowest BCUT2D eigenvalue weighted by atomic mass is 10.2. The molecule has 19 heavy (non-hydrogen) atoms. The highest BCUT2D eigenvalue weighted by Crippen LogP contribution is 2.33. The lowest BCUT2D eigenvalue weighted by Gasteiger charge is -2.09. The van der Waals surface area contributed by atoms with Gasteiger partial charge in [-0.05, 0) is 42.5 Å². The van der Waals surface area contributed by atoms with Gasteiger partial charge in [0.15, 0.2) is 0 Å². The van der Waals surface area contributed by atoms with Crippen LogP contribution >= 0.6 is 11.3 Å². The molecular weight excluding hydrogens is 256 g/mol. The van der Waals surface area contributed by atoms with E-state index in [9.17, 15) is 0 Å². The SMILES string of the molecule is c1cc2ccc1NCCOc1ccc3nc-2sc3c1. The summed E-state index contributed by atoms with van der Waals surface area (Å²) in [6.07, 6.45) is 0. The van der Waals surface area contributed by atoms with Crippen molar-refractivity contribution in [3.63, 3.8) is 0 Å². The number of aromatic nitrogens is 1. The van der Waals surface area contributed by atoms with E-state index in [0.717, 1.165) is 34.1 Å². The van der Waals surface area contributed by atoms with E-state index in [4.69, 9.17) is 4.74 Å². The molecule has 1 aromatic heterocycles. The highest BCUT2D eigenvalue weighted by atomic mass is 32.1. The van der Waals surface area contributed by atoms with Crippen LogP contribution in [0.15, 0.2) is 42.5 Å². The smallest absolute Gasteiger partial charge is 0.124 e. The van der Waals surface area contributed by atoms with Crippen LogP contribution in [0.1, 0.15) is 0 Å². The largest absolute Gasteiger partial charge is 0.492 e. The van der Waals surface area contributed by atoms with Crippen molar-refractivity contribution in [2.45, 2.75) is 0 Å². The first-order chi connectivity index (χ1) is 9.38. The van der Waals surface area contributed by atoms with Crippen molar-refractivity contribution in [1.29, 1.82) is 0 Å². The van der Waals surface area contributed by atoms with Gasteiger partial charge in [-0.1, -0.05) is 0 Å². The normalized spacial score (nSPS) is 13.7. The highest BCUT2D eigenvalue weighted by molar-refractivity contribution is 7.21. The van der Waals surface area contributed by atoms with Crippen molar-refractivity contribution in [1.82, 2.24) is 4.98 Å². The summed E-state index contributed by atoms with van der Waals surface area (Å²) in [6, 6.07) is 14.5. The van der Waals surface area contributed by atoms with Crippen molar-refractivity contribution in [2.24, 2.45) is 0 Å². The molecule has 0 unspecified atom stereocenters. The number of rotatable bonds is 0. The fourth-order valence-corrected chi connectivity index (χ4v) is 3.21. The Morgan fingerprint density at radius 2 is 2.00 bits per heavy atom. The van der Waals surface area contributed by atoms with Crippen LogP contribution in [0.4, 0.5) is 5.69 Å². The number of hydrogen-bond donors (Lipinski definition) is 1. The maximum Gasteiger partial charge on any atom is 0.124 e. The third kappa shape index (κ3) is 1.94. The maximum absolute atomic E-state index is 5.74. The Balaban J connectivity index is 1.93. The number of anilines is 1. The van der Waals surface area contributed by atoms with Crippen LogP contribution in [0.3, 0.4) is 0 Å². The van der Waals surface area contributed by atoms with E-state index in [-0.39, 0.29) is 0 Å². The van der Waals surface area contributed by atoms with E-state index in [0.29, 0.717) is 6.61 Å². The molecule has 0 radical (unpaired) electrons. The molecule has 4 heteroatoms. The van der Waals surface area contributed by atoms with Crippen molar-refractivity contribution in [3.8, 4) is 16.3 Å². The molecular formula is C15H12N2OS. The number of benzene rings is 2. The fourth-order valence-electron chi connectivity index (χ4n) is 2.21. The molecule has 0 saturated heterocycles. The quantitative estimate of drug-likeness (QED) is 0.674. The minimum absolute atomic E-state index is 0.652. The third-order valence-electron chi connectivity index (χ3n) is 3.19. The van der Waals surface area contributed by atoms with Crippen LogP contribution in [0, 0.1) is 0 Å². The van der Waals surface area contributed by atoms with Crippen LogP contribution < -0.4 is 10.1 Å². The Bertz CT molecular complexity index is 733. The van der Waals surface area contributed by atoms with E-state index in [1.807, 2.05) is 12.1 Å². The number of fused-ring (bicyclic) bond motifs is 5. The monoisotopic (exact) mass is 268 g/mol. The van der Waals surface area contributed by atoms with E-state index in [1.165, 1.54) is 4.70 Å².